The maximum Gasteiger partial charge on any atom is 0.148 e. The van der Waals surface area contributed by atoms with Crippen molar-refractivity contribution in [3.05, 3.63) is 58.1 Å². The summed E-state index contributed by atoms with van der Waals surface area (Å²) in [5.41, 5.74) is 1.35. The van der Waals surface area contributed by atoms with Crippen LogP contribution in [0.15, 0.2) is 36.4 Å². The van der Waals surface area contributed by atoms with Crippen molar-refractivity contribution in [3.8, 4) is 11.5 Å². The van der Waals surface area contributed by atoms with Crippen LogP contribution in [0.3, 0.4) is 0 Å². The lowest BCUT2D eigenvalue weighted by atomic mass is 10.3. The molecule has 2 heterocycles. The Labute approximate surface area is 190 Å². The van der Waals surface area contributed by atoms with Crippen LogP contribution in [0.4, 0.5) is 8.78 Å². The van der Waals surface area contributed by atoms with Gasteiger partial charge in [0.15, 0.2) is 0 Å². The van der Waals surface area contributed by atoms with E-state index in [9.17, 15) is 8.78 Å². The summed E-state index contributed by atoms with van der Waals surface area (Å²) in [6, 6.07) is 5.63. The minimum atomic E-state index is -0.331. The van der Waals surface area contributed by atoms with E-state index in [-0.39, 0.29) is 11.6 Å². The van der Waals surface area contributed by atoms with Gasteiger partial charge in [-0.2, -0.15) is 11.8 Å². The lowest BCUT2D eigenvalue weighted by Gasteiger charge is -1.99. The zero-order valence-corrected chi connectivity index (χ0v) is 19.2. The molecule has 160 valence electrons. The van der Waals surface area contributed by atoms with E-state index in [0.29, 0.717) is 22.5 Å². The highest BCUT2D eigenvalue weighted by atomic mass is 32.2. The monoisotopic (exact) mass is 476 g/mol. The molecule has 0 N–H and O–H groups in total. The predicted molar refractivity (Wildman–Crippen MR) is 128 cm³/mol. The van der Waals surface area contributed by atoms with Crippen LogP contribution in [0.2, 0.25) is 0 Å². The van der Waals surface area contributed by atoms with Crippen molar-refractivity contribution in [2.75, 3.05) is 25.7 Å². The predicted octanol–water partition coefficient (Wildman–Crippen LogP) is 6.66. The minimum absolute atomic E-state index is 0.331. The zero-order valence-electron chi connectivity index (χ0n) is 16.7. The maximum atomic E-state index is 13.6. The van der Waals surface area contributed by atoms with Gasteiger partial charge < -0.3 is 9.47 Å². The van der Waals surface area contributed by atoms with Crippen LogP contribution < -0.4 is 9.47 Å². The van der Waals surface area contributed by atoms with E-state index in [4.69, 9.17) is 9.47 Å². The highest BCUT2D eigenvalue weighted by molar-refractivity contribution is 7.99. The first-order valence-electron chi connectivity index (χ1n) is 9.26. The number of fused-ring (bicyclic) bond motifs is 2. The van der Waals surface area contributed by atoms with Gasteiger partial charge in [0.1, 0.15) is 44.2 Å². The zero-order chi connectivity index (χ0) is 21.8. The number of hydrogen-bond acceptors (Lipinski definition) is 7. The van der Waals surface area contributed by atoms with Crippen molar-refractivity contribution < 1.29 is 18.3 Å². The standard InChI is InChI=1S/C22H18F2N2O2S3/c1-27-15-9-13(23)11-17-21(15)25-19(30-17)5-3-7-29-8-4-6-20-26-22-16(28-2)10-14(24)12-18(22)31-20/h3-6,9-12H,7-8H2,1-2H3. The molecule has 2 aromatic carbocycles. The Morgan fingerprint density at radius 3 is 1.68 bits per heavy atom. The van der Waals surface area contributed by atoms with Crippen molar-refractivity contribution in [3.63, 3.8) is 0 Å². The first-order valence-corrected chi connectivity index (χ1v) is 12.0. The molecule has 0 saturated carbocycles. The Morgan fingerprint density at radius 1 is 0.806 bits per heavy atom. The number of methoxy groups -OCH3 is 2. The van der Waals surface area contributed by atoms with Crippen LogP contribution >= 0.6 is 34.4 Å². The first-order chi connectivity index (χ1) is 15.1. The Hall–Kier alpha value is -2.49. The highest BCUT2D eigenvalue weighted by Crippen LogP contribution is 2.32. The van der Waals surface area contributed by atoms with Gasteiger partial charge in [-0.25, -0.2) is 18.7 Å². The Kier molecular flexibility index (Phi) is 6.84. The molecule has 0 bridgehead atoms. The molecular weight excluding hydrogens is 458 g/mol. The van der Waals surface area contributed by atoms with Crippen LogP contribution in [0.5, 0.6) is 11.5 Å². The van der Waals surface area contributed by atoms with E-state index in [0.717, 1.165) is 30.9 Å². The fraction of sp³-hybridized carbons (Fsp3) is 0.182. The second-order valence-electron chi connectivity index (χ2n) is 6.36. The van der Waals surface area contributed by atoms with Gasteiger partial charge >= 0.3 is 0 Å². The van der Waals surface area contributed by atoms with Crippen LogP contribution in [0, 0.1) is 11.6 Å². The van der Waals surface area contributed by atoms with Crippen LogP contribution in [0.25, 0.3) is 32.6 Å². The molecule has 9 heteroatoms. The van der Waals surface area contributed by atoms with Gasteiger partial charge in [-0.15, -0.1) is 22.7 Å². The molecule has 2 aromatic heterocycles. The van der Waals surface area contributed by atoms with E-state index in [1.54, 1.807) is 11.8 Å². The summed E-state index contributed by atoms with van der Waals surface area (Å²) < 4.78 is 39.1. The molecule has 0 aliphatic heterocycles. The summed E-state index contributed by atoms with van der Waals surface area (Å²) in [5, 5.41) is 1.62. The fourth-order valence-corrected chi connectivity index (χ4v) is 5.41. The van der Waals surface area contributed by atoms with Crippen molar-refractivity contribution in [1.82, 2.24) is 9.97 Å². The first kappa shape index (κ1) is 21.7. The van der Waals surface area contributed by atoms with Crippen LogP contribution in [0.1, 0.15) is 10.0 Å². The normalized spacial score (nSPS) is 12.0. The Balaban J connectivity index is 1.32. The third kappa shape index (κ3) is 5.06. The summed E-state index contributed by atoms with van der Waals surface area (Å²) in [6.45, 7) is 0. The third-order valence-electron chi connectivity index (χ3n) is 4.27. The van der Waals surface area contributed by atoms with Crippen molar-refractivity contribution in [1.29, 1.82) is 0 Å². The van der Waals surface area contributed by atoms with Gasteiger partial charge in [0.05, 0.1) is 23.6 Å². The molecule has 31 heavy (non-hydrogen) atoms. The maximum absolute atomic E-state index is 13.6. The number of thiazole rings is 2. The van der Waals surface area contributed by atoms with E-state index in [1.807, 2.05) is 24.3 Å². The lowest BCUT2D eigenvalue weighted by molar-refractivity contribution is 0.415. The lowest BCUT2D eigenvalue weighted by Crippen LogP contribution is -1.86. The highest BCUT2D eigenvalue weighted by Gasteiger charge is 2.10. The summed E-state index contributed by atoms with van der Waals surface area (Å²) in [7, 11) is 3.02. The van der Waals surface area contributed by atoms with Crippen molar-refractivity contribution >= 4 is 67.0 Å². The molecule has 0 aliphatic rings. The molecule has 4 rings (SSSR count). The summed E-state index contributed by atoms with van der Waals surface area (Å²) in [5.74, 6) is 1.85. The summed E-state index contributed by atoms with van der Waals surface area (Å²) in [4.78, 5) is 9.02. The fourth-order valence-electron chi connectivity index (χ4n) is 2.92. The van der Waals surface area contributed by atoms with Gasteiger partial charge in [0, 0.05) is 23.6 Å². The van der Waals surface area contributed by atoms with E-state index in [2.05, 4.69) is 9.97 Å². The number of rotatable bonds is 8. The second-order valence-corrected chi connectivity index (χ2v) is 9.56. The number of thioether (sulfide) groups is 1. The number of benzene rings is 2. The van der Waals surface area contributed by atoms with Gasteiger partial charge in [-0.05, 0) is 24.3 Å². The average molecular weight is 477 g/mol. The number of nitrogens with zero attached hydrogens (tertiary/aromatic N) is 2. The SMILES string of the molecule is COc1cc(F)cc2sc(C=CCSCC=Cc3nc4c(OC)cc(F)cc4s3)nc12. The second kappa shape index (κ2) is 9.76. The number of hydrogen-bond donors (Lipinski definition) is 0. The molecular formula is C22H18F2N2O2S3. The number of ether oxygens (including phenoxy) is 2. The molecule has 0 unspecified atom stereocenters. The molecule has 0 amide bonds. The third-order valence-corrected chi connectivity index (χ3v) is 7.06. The molecule has 0 spiro atoms. The molecule has 0 atom stereocenters. The van der Waals surface area contributed by atoms with Gasteiger partial charge in [0.25, 0.3) is 0 Å². The Bertz CT molecular complexity index is 1180. The number of aromatic nitrogens is 2. The average Bonchev–Trinajstić information content (AvgIpc) is 3.34. The van der Waals surface area contributed by atoms with Crippen LogP contribution in [-0.2, 0) is 0 Å². The number of halogens is 2. The quantitative estimate of drug-likeness (QED) is 0.266. The molecule has 4 aromatic rings. The van der Waals surface area contributed by atoms with Gasteiger partial charge in [-0.1, -0.05) is 12.2 Å². The largest absolute Gasteiger partial charge is 0.494 e. The Morgan fingerprint density at radius 2 is 1.26 bits per heavy atom. The summed E-state index contributed by atoms with van der Waals surface area (Å²) >= 11 is 4.59. The molecule has 0 aliphatic carbocycles. The topological polar surface area (TPSA) is 44.2 Å². The van der Waals surface area contributed by atoms with Gasteiger partial charge in [-0.3, -0.25) is 0 Å². The van der Waals surface area contributed by atoms with Crippen LogP contribution in [-0.4, -0.2) is 35.7 Å². The smallest absolute Gasteiger partial charge is 0.148 e. The molecule has 0 saturated heterocycles. The van der Waals surface area contributed by atoms with E-state index < -0.39 is 0 Å². The molecule has 0 radical (unpaired) electrons. The van der Waals surface area contributed by atoms with E-state index in [1.165, 1.54) is 61.2 Å². The molecule has 4 nitrogen and oxygen atoms in total. The van der Waals surface area contributed by atoms with Crippen molar-refractivity contribution in [2.24, 2.45) is 0 Å². The van der Waals surface area contributed by atoms with Gasteiger partial charge in [0.2, 0.25) is 0 Å². The van der Waals surface area contributed by atoms with Crippen molar-refractivity contribution in [2.45, 2.75) is 0 Å². The van der Waals surface area contributed by atoms with E-state index >= 15 is 0 Å². The minimum Gasteiger partial charge on any atom is -0.494 e. The molecule has 0 fully saturated rings. The summed E-state index contributed by atoms with van der Waals surface area (Å²) in [6.07, 6.45) is 7.94.